The van der Waals surface area contributed by atoms with E-state index in [0.717, 1.165) is 24.8 Å². The summed E-state index contributed by atoms with van der Waals surface area (Å²) in [6.45, 7) is 1.67. The predicted octanol–water partition coefficient (Wildman–Crippen LogP) is 2.04. The van der Waals surface area contributed by atoms with E-state index in [4.69, 9.17) is 10.5 Å². The number of alkyl carbamates (subject to hydrolysis) is 1. The first kappa shape index (κ1) is 13.5. The second-order valence-electron chi connectivity index (χ2n) is 3.84. The molecule has 0 bridgehead atoms. The number of benzene rings is 1. The van der Waals surface area contributed by atoms with Crippen LogP contribution in [0.3, 0.4) is 0 Å². The number of nitrogens with two attached hydrogens (primary N) is 1. The third kappa shape index (κ3) is 6.58. The summed E-state index contributed by atoms with van der Waals surface area (Å²) in [4.78, 5) is 11.3. The summed E-state index contributed by atoms with van der Waals surface area (Å²) in [5, 5.41) is 2.71. The average molecular weight is 236 g/mol. The Bertz CT molecular complexity index is 314. The van der Waals surface area contributed by atoms with E-state index in [1.54, 1.807) is 0 Å². The molecule has 0 radical (unpaired) electrons. The lowest BCUT2D eigenvalue weighted by Gasteiger charge is -2.06. The van der Waals surface area contributed by atoms with Crippen molar-refractivity contribution in [2.24, 2.45) is 5.73 Å². The van der Waals surface area contributed by atoms with Crippen LogP contribution in [0.5, 0.6) is 0 Å². The fourth-order valence-electron chi connectivity index (χ4n) is 1.41. The Morgan fingerprint density at radius 1 is 1.18 bits per heavy atom. The second kappa shape index (κ2) is 8.58. The van der Waals surface area contributed by atoms with Crippen LogP contribution in [-0.4, -0.2) is 19.2 Å². The van der Waals surface area contributed by atoms with Crippen molar-refractivity contribution in [3.8, 4) is 0 Å². The highest BCUT2D eigenvalue weighted by atomic mass is 16.5. The molecule has 1 aromatic rings. The molecule has 0 aliphatic rings. The van der Waals surface area contributed by atoms with E-state index in [2.05, 4.69) is 5.32 Å². The topological polar surface area (TPSA) is 64.3 Å². The number of rotatable bonds is 7. The first-order chi connectivity index (χ1) is 8.33. The van der Waals surface area contributed by atoms with Gasteiger partial charge in [-0.05, 0) is 24.9 Å². The second-order valence-corrected chi connectivity index (χ2v) is 3.84. The lowest BCUT2D eigenvalue weighted by atomic mass is 10.2. The molecular weight excluding hydrogens is 216 g/mol. The Hall–Kier alpha value is -1.55. The number of unbranched alkanes of at least 4 members (excludes halogenated alkanes) is 2. The molecule has 0 atom stereocenters. The van der Waals surface area contributed by atoms with Crippen molar-refractivity contribution < 1.29 is 9.53 Å². The van der Waals surface area contributed by atoms with Gasteiger partial charge in [0.1, 0.15) is 6.61 Å². The van der Waals surface area contributed by atoms with Gasteiger partial charge >= 0.3 is 6.09 Å². The van der Waals surface area contributed by atoms with E-state index in [-0.39, 0.29) is 6.09 Å². The lowest BCUT2D eigenvalue weighted by Crippen LogP contribution is -2.25. The van der Waals surface area contributed by atoms with Crippen LogP contribution in [0.15, 0.2) is 30.3 Å². The van der Waals surface area contributed by atoms with Gasteiger partial charge in [-0.3, -0.25) is 0 Å². The molecule has 4 nitrogen and oxygen atoms in total. The molecule has 0 aliphatic carbocycles. The zero-order valence-corrected chi connectivity index (χ0v) is 10.0. The van der Waals surface area contributed by atoms with Crippen molar-refractivity contribution in [3.63, 3.8) is 0 Å². The lowest BCUT2D eigenvalue weighted by molar-refractivity contribution is 0.139. The van der Waals surface area contributed by atoms with Crippen molar-refractivity contribution in [1.82, 2.24) is 5.32 Å². The van der Waals surface area contributed by atoms with Crippen LogP contribution >= 0.6 is 0 Å². The zero-order chi connectivity index (χ0) is 12.3. The smallest absolute Gasteiger partial charge is 0.407 e. The van der Waals surface area contributed by atoms with E-state index < -0.39 is 0 Å². The normalized spacial score (nSPS) is 9.94. The predicted molar refractivity (Wildman–Crippen MR) is 67.5 cm³/mol. The van der Waals surface area contributed by atoms with Crippen LogP contribution in [0.1, 0.15) is 24.8 Å². The Morgan fingerprint density at radius 3 is 2.65 bits per heavy atom. The Balaban J connectivity index is 2.05. The maximum atomic E-state index is 11.3. The highest BCUT2D eigenvalue weighted by Gasteiger charge is 2.00. The summed E-state index contributed by atoms with van der Waals surface area (Å²) in [5.41, 5.74) is 6.36. The number of carbonyl (C=O) groups is 1. The van der Waals surface area contributed by atoms with Gasteiger partial charge in [-0.2, -0.15) is 0 Å². The van der Waals surface area contributed by atoms with Crippen LogP contribution in [0.2, 0.25) is 0 Å². The van der Waals surface area contributed by atoms with Gasteiger partial charge in [-0.15, -0.1) is 0 Å². The van der Waals surface area contributed by atoms with E-state index in [0.29, 0.717) is 19.7 Å². The molecule has 0 aromatic heterocycles. The molecule has 0 fully saturated rings. The summed E-state index contributed by atoms with van der Waals surface area (Å²) in [5.74, 6) is 0. The quantitative estimate of drug-likeness (QED) is 0.712. The van der Waals surface area contributed by atoms with Gasteiger partial charge in [-0.1, -0.05) is 36.8 Å². The third-order valence-corrected chi connectivity index (χ3v) is 2.36. The molecule has 17 heavy (non-hydrogen) atoms. The first-order valence-corrected chi connectivity index (χ1v) is 5.97. The van der Waals surface area contributed by atoms with Crippen LogP contribution in [0, 0.1) is 0 Å². The third-order valence-electron chi connectivity index (χ3n) is 2.36. The molecule has 0 saturated carbocycles. The standard InChI is InChI=1S/C13H20N2O2/c14-9-5-2-6-10-15-13(16)17-11-12-7-3-1-4-8-12/h1,3-4,7-8H,2,5-6,9-11,14H2,(H,15,16). The molecular formula is C13H20N2O2. The van der Waals surface area contributed by atoms with Gasteiger partial charge in [0.15, 0.2) is 0 Å². The average Bonchev–Trinajstić information content (AvgIpc) is 2.37. The molecule has 0 unspecified atom stereocenters. The zero-order valence-electron chi connectivity index (χ0n) is 10.0. The maximum absolute atomic E-state index is 11.3. The summed E-state index contributed by atoms with van der Waals surface area (Å²) >= 11 is 0. The number of nitrogens with one attached hydrogen (secondary N) is 1. The Kier molecular flexibility index (Phi) is 6.82. The molecule has 4 heteroatoms. The minimum Gasteiger partial charge on any atom is -0.445 e. The molecule has 0 saturated heterocycles. The van der Waals surface area contributed by atoms with Crippen molar-refractivity contribution in [1.29, 1.82) is 0 Å². The summed E-state index contributed by atoms with van der Waals surface area (Å²) in [6, 6.07) is 9.62. The number of hydrogen-bond donors (Lipinski definition) is 2. The number of hydrogen-bond acceptors (Lipinski definition) is 3. The van der Waals surface area contributed by atoms with Crippen LogP contribution in [0.4, 0.5) is 4.79 Å². The minimum atomic E-state index is -0.360. The largest absolute Gasteiger partial charge is 0.445 e. The van der Waals surface area contributed by atoms with Gasteiger partial charge in [0.25, 0.3) is 0 Å². The van der Waals surface area contributed by atoms with Gasteiger partial charge < -0.3 is 15.8 Å². The van der Waals surface area contributed by atoms with Gasteiger partial charge in [0.2, 0.25) is 0 Å². The molecule has 0 aliphatic heterocycles. The summed E-state index contributed by atoms with van der Waals surface area (Å²) < 4.78 is 5.06. The van der Waals surface area contributed by atoms with E-state index in [9.17, 15) is 4.79 Å². The van der Waals surface area contributed by atoms with Crippen molar-refractivity contribution in [2.45, 2.75) is 25.9 Å². The molecule has 3 N–H and O–H groups in total. The maximum Gasteiger partial charge on any atom is 0.407 e. The molecule has 0 heterocycles. The summed E-state index contributed by atoms with van der Waals surface area (Å²) in [6.07, 6.45) is 2.62. The van der Waals surface area contributed by atoms with Gasteiger partial charge in [0, 0.05) is 6.54 Å². The monoisotopic (exact) mass is 236 g/mol. The van der Waals surface area contributed by atoms with E-state index >= 15 is 0 Å². The van der Waals surface area contributed by atoms with Gasteiger partial charge in [0.05, 0.1) is 0 Å². The number of carbonyl (C=O) groups excluding carboxylic acids is 1. The summed E-state index contributed by atoms with van der Waals surface area (Å²) in [7, 11) is 0. The molecule has 94 valence electrons. The fraction of sp³-hybridized carbons (Fsp3) is 0.462. The Labute approximate surface area is 102 Å². The van der Waals surface area contributed by atoms with Crippen LogP contribution < -0.4 is 11.1 Å². The van der Waals surface area contributed by atoms with Crippen molar-refractivity contribution in [2.75, 3.05) is 13.1 Å². The highest BCUT2D eigenvalue weighted by molar-refractivity contribution is 5.67. The van der Waals surface area contributed by atoms with Crippen LogP contribution in [-0.2, 0) is 11.3 Å². The molecule has 0 spiro atoms. The molecule has 1 amide bonds. The van der Waals surface area contributed by atoms with Crippen LogP contribution in [0.25, 0.3) is 0 Å². The van der Waals surface area contributed by atoms with Crippen molar-refractivity contribution >= 4 is 6.09 Å². The fourth-order valence-corrected chi connectivity index (χ4v) is 1.41. The minimum absolute atomic E-state index is 0.315. The Morgan fingerprint density at radius 2 is 1.94 bits per heavy atom. The van der Waals surface area contributed by atoms with Gasteiger partial charge in [-0.25, -0.2) is 4.79 Å². The SMILES string of the molecule is NCCCCCNC(=O)OCc1ccccc1. The first-order valence-electron chi connectivity index (χ1n) is 5.97. The van der Waals surface area contributed by atoms with E-state index in [1.165, 1.54) is 0 Å². The van der Waals surface area contributed by atoms with E-state index in [1.807, 2.05) is 30.3 Å². The number of ether oxygens (including phenoxy) is 1. The molecule has 1 aromatic carbocycles. The number of amides is 1. The highest BCUT2D eigenvalue weighted by Crippen LogP contribution is 2.00. The molecule has 1 rings (SSSR count). The van der Waals surface area contributed by atoms with Crippen molar-refractivity contribution in [3.05, 3.63) is 35.9 Å².